The van der Waals surface area contributed by atoms with E-state index in [-0.39, 0.29) is 6.10 Å². The maximum Gasteiger partial charge on any atom is 0.0825 e. The summed E-state index contributed by atoms with van der Waals surface area (Å²) in [6.07, 6.45) is 3.25. The van der Waals surface area contributed by atoms with Crippen LogP contribution in [0.2, 0.25) is 0 Å². The molecule has 3 aromatic rings. The Morgan fingerprint density at radius 2 is 1.20 bits per heavy atom. The van der Waals surface area contributed by atoms with Gasteiger partial charge < -0.3 is 14.5 Å². The molecule has 0 aliphatic carbocycles. The summed E-state index contributed by atoms with van der Waals surface area (Å²) in [5.74, 6) is 0. The van der Waals surface area contributed by atoms with E-state index in [0.29, 0.717) is 0 Å². The Hall–Kier alpha value is -2.62. The van der Waals surface area contributed by atoms with Gasteiger partial charge in [-0.1, -0.05) is 66.7 Å². The molecule has 0 aliphatic rings. The monoisotopic (exact) mass is 402 g/mol. The smallest absolute Gasteiger partial charge is 0.0825 e. The van der Waals surface area contributed by atoms with Gasteiger partial charge in [0.2, 0.25) is 0 Å². The molecule has 0 saturated carbocycles. The lowest BCUT2D eigenvalue weighted by Gasteiger charge is -2.26. The zero-order chi connectivity index (χ0) is 21.0. The topological polar surface area (TPSA) is 15.7 Å². The minimum Gasteiger partial charge on any atom is -0.373 e. The summed E-state index contributed by atoms with van der Waals surface area (Å²) in [6, 6.07) is 31.9. The first-order valence-electron chi connectivity index (χ1n) is 10.9. The largest absolute Gasteiger partial charge is 0.373 e. The van der Waals surface area contributed by atoms with Crippen LogP contribution in [0.5, 0.6) is 0 Å². The van der Waals surface area contributed by atoms with Crippen LogP contribution in [-0.2, 0) is 4.74 Å². The van der Waals surface area contributed by atoms with Crippen molar-refractivity contribution in [2.24, 2.45) is 0 Å². The Balaban J connectivity index is 1.64. The third-order valence-corrected chi connectivity index (χ3v) is 5.22. The van der Waals surface area contributed by atoms with Crippen LogP contribution in [0.4, 0.5) is 11.4 Å². The summed E-state index contributed by atoms with van der Waals surface area (Å²) in [6.45, 7) is 2.80. The molecule has 3 nitrogen and oxygen atoms in total. The summed E-state index contributed by atoms with van der Waals surface area (Å²) < 4.78 is 6.33. The molecule has 1 unspecified atom stereocenters. The number of para-hydroxylation sites is 2. The molecular formula is C27H34N2O. The molecule has 158 valence electrons. The molecule has 30 heavy (non-hydrogen) atoms. The molecule has 3 heteroatoms. The minimum atomic E-state index is 0.141. The first-order valence-corrected chi connectivity index (χ1v) is 10.9. The summed E-state index contributed by atoms with van der Waals surface area (Å²) in [5.41, 5.74) is 3.73. The minimum absolute atomic E-state index is 0.141. The molecule has 0 spiro atoms. The lowest BCUT2D eigenvalue weighted by molar-refractivity contribution is 0.0414. The van der Waals surface area contributed by atoms with Gasteiger partial charge in [-0.3, -0.25) is 0 Å². The van der Waals surface area contributed by atoms with Crippen LogP contribution in [0, 0.1) is 0 Å². The van der Waals surface area contributed by atoms with Gasteiger partial charge in [-0.25, -0.2) is 0 Å². The summed E-state index contributed by atoms with van der Waals surface area (Å²) >= 11 is 0. The van der Waals surface area contributed by atoms with E-state index in [0.717, 1.165) is 39.0 Å². The number of ether oxygens (including phenoxy) is 1. The van der Waals surface area contributed by atoms with Gasteiger partial charge in [0, 0.05) is 24.5 Å². The van der Waals surface area contributed by atoms with Crippen LogP contribution in [0.25, 0.3) is 0 Å². The van der Waals surface area contributed by atoms with Crippen LogP contribution in [0.1, 0.15) is 30.9 Å². The van der Waals surface area contributed by atoms with Gasteiger partial charge in [0.05, 0.1) is 6.10 Å². The Morgan fingerprint density at radius 3 is 1.73 bits per heavy atom. The third kappa shape index (κ3) is 7.01. The summed E-state index contributed by atoms with van der Waals surface area (Å²) in [7, 11) is 4.22. The Bertz CT molecular complexity index is 782. The van der Waals surface area contributed by atoms with Crippen molar-refractivity contribution in [3.63, 3.8) is 0 Å². The summed E-state index contributed by atoms with van der Waals surface area (Å²) in [5, 5.41) is 0. The van der Waals surface area contributed by atoms with Crippen molar-refractivity contribution in [1.82, 2.24) is 4.90 Å². The fourth-order valence-corrected chi connectivity index (χ4v) is 3.68. The van der Waals surface area contributed by atoms with Crippen LogP contribution < -0.4 is 4.90 Å². The van der Waals surface area contributed by atoms with Crippen LogP contribution in [0.3, 0.4) is 0 Å². The lowest BCUT2D eigenvalue weighted by atomic mass is 10.0. The number of rotatable bonds is 12. The van der Waals surface area contributed by atoms with E-state index in [2.05, 4.69) is 115 Å². The van der Waals surface area contributed by atoms with E-state index in [4.69, 9.17) is 4.74 Å². The number of nitrogens with zero attached hydrogens (tertiary/aromatic N) is 2. The average molecular weight is 403 g/mol. The second-order valence-corrected chi connectivity index (χ2v) is 7.89. The van der Waals surface area contributed by atoms with Crippen LogP contribution in [-0.4, -0.2) is 38.7 Å². The average Bonchev–Trinajstić information content (AvgIpc) is 2.79. The fourth-order valence-electron chi connectivity index (χ4n) is 3.68. The van der Waals surface area contributed by atoms with Crippen molar-refractivity contribution >= 4 is 11.4 Å². The number of benzene rings is 3. The van der Waals surface area contributed by atoms with Crippen molar-refractivity contribution < 1.29 is 4.74 Å². The van der Waals surface area contributed by atoms with Crippen molar-refractivity contribution in [1.29, 1.82) is 0 Å². The Kier molecular flexibility index (Phi) is 8.95. The molecule has 0 bridgehead atoms. The lowest BCUT2D eigenvalue weighted by Crippen LogP contribution is -2.20. The van der Waals surface area contributed by atoms with Gasteiger partial charge in [0.15, 0.2) is 0 Å². The molecule has 0 N–H and O–H groups in total. The van der Waals surface area contributed by atoms with Crippen molar-refractivity contribution in [3.05, 3.63) is 96.6 Å². The predicted octanol–water partition coefficient (Wildman–Crippen LogP) is 6.31. The van der Waals surface area contributed by atoms with Gasteiger partial charge in [-0.15, -0.1) is 0 Å². The highest BCUT2D eigenvalue weighted by Gasteiger charge is 2.14. The third-order valence-electron chi connectivity index (χ3n) is 5.22. The van der Waals surface area contributed by atoms with Gasteiger partial charge in [0.1, 0.15) is 0 Å². The van der Waals surface area contributed by atoms with E-state index in [9.17, 15) is 0 Å². The second-order valence-electron chi connectivity index (χ2n) is 7.89. The van der Waals surface area contributed by atoms with E-state index in [1.165, 1.54) is 16.9 Å². The maximum atomic E-state index is 6.33. The van der Waals surface area contributed by atoms with E-state index in [1.807, 2.05) is 0 Å². The molecule has 1 atom stereocenters. The van der Waals surface area contributed by atoms with Gasteiger partial charge in [-0.2, -0.15) is 0 Å². The van der Waals surface area contributed by atoms with E-state index >= 15 is 0 Å². The first kappa shape index (κ1) is 22.1. The van der Waals surface area contributed by atoms with E-state index in [1.54, 1.807) is 0 Å². The molecule has 3 aromatic carbocycles. The van der Waals surface area contributed by atoms with Gasteiger partial charge in [0.25, 0.3) is 0 Å². The predicted molar refractivity (Wildman–Crippen MR) is 127 cm³/mol. The maximum absolute atomic E-state index is 6.33. The quantitative estimate of drug-likeness (QED) is 0.330. The van der Waals surface area contributed by atoms with Gasteiger partial charge >= 0.3 is 0 Å². The highest BCUT2D eigenvalue weighted by atomic mass is 16.5. The zero-order valence-corrected chi connectivity index (χ0v) is 18.3. The van der Waals surface area contributed by atoms with Crippen LogP contribution in [0.15, 0.2) is 91.0 Å². The Labute approximate surface area is 181 Å². The molecule has 0 saturated heterocycles. The van der Waals surface area contributed by atoms with Crippen molar-refractivity contribution in [3.8, 4) is 0 Å². The number of hydrogen-bond donors (Lipinski definition) is 0. The molecule has 3 rings (SSSR count). The molecule has 0 heterocycles. The Morgan fingerprint density at radius 1 is 0.667 bits per heavy atom. The molecule has 0 aromatic heterocycles. The zero-order valence-electron chi connectivity index (χ0n) is 18.3. The molecular weight excluding hydrogens is 368 g/mol. The SMILES string of the molecule is CN(C)CCCOC(CCCN(c1ccccc1)c1ccccc1)c1ccccc1. The first-order chi connectivity index (χ1) is 14.7. The van der Waals surface area contributed by atoms with Crippen molar-refractivity contribution in [2.45, 2.75) is 25.4 Å². The molecule has 0 fully saturated rings. The standard InChI is InChI=1S/C27H34N2O/c1-28(2)21-13-23-30-27(24-14-6-3-7-15-24)20-12-22-29(25-16-8-4-9-17-25)26-18-10-5-11-19-26/h3-11,14-19,27H,12-13,20-23H2,1-2H3. The second kappa shape index (κ2) is 12.2. The number of anilines is 2. The highest BCUT2D eigenvalue weighted by Crippen LogP contribution is 2.28. The van der Waals surface area contributed by atoms with Crippen LogP contribution >= 0.6 is 0 Å². The van der Waals surface area contributed by atoms with Gasteiger partial charge in [-0.05, 0) is 69.7 Å². The molecule has 0 radical (unpaired) electrons. The highest BCUT2D eigenvalue weighted by molar-refractivity contribution is 5.62. The molecule has 0 aliphatic heterocycles. The number of hydrogen-bond acceptors (Lipinski definition) is 3. The molecule has 0 amide bonds. The van der Waals surface area contributed by atoms with Crippen molar-refractivity contribution in [2.75, 3.05) is 38.7 Å². The van der Waals surface area contributed by atoms with E-state index < -0.39 is 0 Å². The summed E-state index contributed by atoms with van der Waals surface area (Å²) in [4.78, 5) is 4.60. The fraction of sp³-hybridized carbons (Fsp3) is 0.333. The normalized spacial score (nSPS) is 12.1.